The van der Waals surface area contributed by atoms with Crippen LogP contribution in [0.15, 0.2) is 0 Å². The molecular formula is C10H22N2O2S. The van der Waals surface area contributed by atoms with Crippen LogP contribution in [-0.4, -0.2) is 32.8 Å². The second kappa shape index (κ2) is 5.82. The van der Waals surface area contributed by atoms with Gasteiger partial charge in [-0.15, -0.1) is 0 Å². The molecule has 1 unspecified atom stereocenters. The molecule has 5 heteroatoms. The lowest BCUT2D eigenvalue weighted by Crippen LogP contribution is -2.47. The molecule has 0 aliphatic carbocycles. The predicted octanol–water partition coefficient (Wildman–Crippen LogP) is 0.846. The van der Waals surface area contributed by atoms with Crippen molar-refractivity contribution in [1.29, 1.82) is 0 Å². The number of hydrogen-bond acceptors (Lipinski definition) is 3. The second-order valence-electron chi connectivity index (χ2n) is 4.14. The smallest absolute Gasteiger partial charge is 0.215 e. The fourth-order valence-corrected chi connectivity index (χ4v) is 3.67. The molecule has 2 N–H and O–H groups in total. The van der Waals surface area contributed by atoms with E-state index in [-0.39, 0.29) is 11.3 Å². The Morgan fingerprint density at radius 1 is 1.40 bits per heavy atom. The summed E-state index contributed by atoms with van der Waals surface area (Å²) < 4.78 is 26.7. The Morgan fingerprint density at radius 2 is 2.07 bits per heavy atom. The first kappa shape index (κ1) is 12.9. The third-order valence-corrected chi connectivity index (χ3v) is 4.95. The maximum absolute atomic E-state index is 12.0. The van der Waals surface area contributed by atoms with Gasteiger partial charge in [-0.3, -0.25) is 0 Å². The van der Waals surface area contributed by atoms with Crippen molar-refractivity contribution in [3.8, 4) is 0 Å². The van der Waals surface area contributed by atoms with Crippen LogP contribution in [0.2, 0.25) is 0 Å². The molecule has 0 amide bonds. The van der Waals surface area contributed by atoms with Crippen molar-refractivity contribution in [3.05, 3.63) is 0 Å². The molecule has 0 radical (unpaired) electrons. The van der Waals surface area contributed by atoms with Crippen LogP contribution in [0.25, 0.3) is 0 Å². The maximum Gasteiger partial charge on any atom is 0.215 e. The van der Waals surface area contributed by atoms with Gasteiger partial charge in [-0.2, -0.15) is 0 Å². The van der Waals surface area contributed by atoms with Crippen molar-refractivity contribution in [2.75, 3.05) is 13.1 Å². The van der Waals surface area contributed by atoms with Crippen LogP contribution < -0.4 is 10.0 Å². The summed E-state index contributed by atoms with van der Waals surface area (Å²) in [6, 6.07) is 0.0944. The van der Waals surface area contributed by atoms with Crippen LogP contribution in [0.1, 0.15) is 39.5 Å². The van der Waals surface area contributed by atoms with Gasteiger partial charge in [-0.25, -0.2) is 13.1 Å². The maximum atomic E-state index is 12.0. The van der Waals surface area contributed by atoms with E-state index >= 15 is 0 Å². The average Bonchev–Trinajstić information content (AvgIpc) is 2.27. The van der Waals surface area contributed by atoms with Gasteiger partial charge in [-0.05, 0) is 32.2 Å². The number of nitrogens with one attached hydrogen (secondary N) is 2. The summed E-state index contributed by atoms with van der Waals surface area (Å²) in [5, 5.41) is 2.89. The molecule has 90 valence electrons. The van der Waals surface area contributed by atoms with E-state index in [4.69, 9.17) is 0 Å². The highest BCUT2D eigenvalue weighted by Crippen LogP contribution is 2.12. The summed E-state index contributed by atoms with van der Waals surface area (Å²) in [6.45, 7) is 5.55. The molecule has 0 saturated carbocycles. The zero-order chi connectivity index (χ0) is 11.3. The highest BCUT2D eigenvalue weighted by atomic mass is 32.2. The van der Waals surface area contributed by atoms with E-state index in [1.807, 2.05) is 13.8 Å². The Labute approximate surface area is 92.9 Å². The van der Waals surface area contributed by atoms with E-state index in [1.165, 1.54) is 0 Å². The molecule has 1 atom stereocenters. The van der Waals surface area contributed by atoms with Crippen LogP contribution in [0.3, 0.4) is 0 Å². The quantitative estimate of drug-likeness (QED) is 0.741. The lowest BCUT2D eigenvalue weighted by molar-refractivity contribution is 0.475. The third-order valence-electron chi connectivity index (χ3n) is 3.01. The first-order valence-corrected chi connectivity index (χ1v) is 7.36. The molecule has 0 bridgehead atoms. The van der Waals surface area contributed by atoms with Gasteiger partial charge < -0.3 is 5.32 Å². The number of piperidine rings is 1. The number of hydrogen-bond donors (Lipinski definition) is 2. The molecule has 1 aliphatic rings. The topological polar surface area (TPSA) is 58.2 Å². The van der Waals surface area contributed by atoms with E-state index in [1.54, 1.807) is 0 Å². The first-order chi connectivity index (χ1) is 7.10. The van der Waals surface area contributed by atoms with Gasteiger partial charge in [0.2, 0.25) is 10.0 Å². The molecule has 15 heavy (non-hydrogen) atoms. The largest absolute Gasteiger partial charge is 0.315 e. The molecule has 1 heterocycles. The summed E-state index contributed by atoms with van der Waals surface area (Å²) in [5.41, 5.74) is 0. The summed E-state index contributed by atoms with van der Waals surface area (Å²) in [7, 11) is -3.12. The second-order valence-corrected chi connectivity index (χ2v) is 6.14. The highest BCUT2D eigenvalue weighted by molar-refractivity contribution is 7.90. The van der Waals surface area contributed by atoms with E-state index in [9.17, 15) is 8.42 Å². The Hall–Kier alpha value is -0.130. The summed E-state index contributed by atoms with van der Waals surface area (Å²) in [5.74, 6) is 0. The van der Waals surface area contributed by atoms with Gasteiger partial charge in [0, 0.05) is 12.6 Å². The molecule has 1 saturated heterocycles. The monoisotopic (exact) mass is 234 g/mol. The summed E-state index contributed by atoms with van der Waals surface area (Å²) in [6.07, 6.45) is 3.45. The van der Waals surface area contributed by atoms with Crippen molar-refractivity contribution >= 4 is 10.0 Å². The fourth-order valence-electron chi connectivity index (χ4n) is 1.87. The Morgan fingerprint density at radius 3 is 2.53 bits per heavy atom. The molecule has 0 spiro atoms. The van der Waals surface area contributed by atoms with Gasteiger partial charge in [0.15, 0.2) is 0 Å². The minimum absolute atomic E-state index is 0.0944. The Kier molecular flexibility index (Phi) is 5.02. The van der Waals surface area contributed by atoms with Crippen molar-refractivity contribution in [1.82, 2.24) is 10.0 Å². The van der Waals surface area contributed by atoms with E-state index in [2.05, 4.69) is 10.0 Å². The van der Waals surface area contributed by atoms with Crippen LogP contribution in [0.5, 0.6) is 0 Å². The highest BCUT2D eigenvalue weighted by Gasteiger charge is 2.28. The first-order valence-electron chi connectivity index (χ1n) is 5.82. The predicted molar refractivity (Wildman–Crippen MR) is 62.3 cm³/mol. The van der Waals surface area contributed by atoms with Crippen molar-refractivity contribution < 1.29 is 8.42 Å². The van der Waals surface area contributed by atoms with Crippen LogP contribution in [-0.2, 0) is 10.0 Å². The lowest BCUT2D eigenvalue weighted by atomic mass is 10.2. The Bertz CT molecular complexity index is 267. The minimum Gasteiger partial charge on any atom is -0.315 e. The van der Waals surface area contributed by atoms with Crippen LogP contribution >= 0.6 is 0 Å². The van der Waals surface area contributed by atoms with Crippen molar-refractivity contribution in [2.45, 2.75) is 50.8 Å². The molecule has 0 aromatic carbocycles. The summed E-state index contributed by atoms with van der Waals surface area (Å²) in [4.78, 5) is 0. The van der Waals surface area contributed by atoms with E-state index in [0.29, 0.717) is 6.54 Å². The summed E-state index contributed by atoms with van der Waals surface area (Å²) >= 11 is 0. The van der Waals surface area contributed by atoms with Crippen molar-refractivity contribution in [3.63, 3.8) is 0 Å². The molecule has 0 aromatic rings. The lowest BCUT2D eigenvalue weighted by Gasteiger charge is -2.25. The van der Waals surface area contributed by atoms with Gasteiger partial charge in [0.1, 0.15) is 0 Å². The van der Waals surface area contributed by atoms with E-state index < -0.39 is 10.0 Å². The van der Waals surface area contributed by atoms with Crippen LogP contribution in [0.4, 0.5) is 0 Å². The fraction of sp³-hybridized carbons (Fsp3) is 1.00. The van der Waals surface area contributed by atoms with E-state index in [0.717, 1.165) is 32.2 Å². The molecule has 1 rings (SSSR count). The van der Waals surface area contributed by atoms with Gasteiger partial charge in [0.05, 0.1) is 5.25 Å². The van der Waals surface area contributed by atoms with Crippen molar-refractivity contribution in [2.24, 2.45) is 0 Å². The van der Waals surface area contributed by atoms with Gasteiger partial charge >= 0.3 is 0 Å². The third kappa shape index (κ3) is 3.74. The molecule has 1 aliphatic heterocycles. The number of rotatable bonds is 5. The Balaban J connectivity index is 2.56. The standard InChI is InChI=1S/C10H22N2O2S/c1-3-9(4-2)12-15(13,14)10-6-5-7-11-8-10/h9-12H,3-8H2,1-2H3. The average molecular weight is 234 g/mol. The normalized spacial score (nSPS) is 23.3. The van der Waals surface area contributed by atoms with Gasteiger partial charge in [0.25, 0.3) is 0 Å². The zero-order valence-electron chi connectivity index (χ0n) is 9.62. The molecular weight excluding hydrogens is 212 g/mol. The molecule has 4 nitrogen and oxygen atoms in total. The number of sulfonamides is 1. The SMILES string of the molecule is CCC(CC)NS(=O)(=O)C1CCCNC1. The van der Waals surface area contributed by atoms with Gasteiger partial charge in [-0.1, -0.05) is 13.8 Å². The van der Waals surface area contributed by atoms with Crippen LogP contribution in [0, 0.1) is 0 Å². The molecule has 0 aromatic heterocycles. The zero-order valence-corrected chi connectivity index (χ0v) is 10.4. The molecule has 1 fully saturated rings. The minimum atomic E-state index is -3.12.